The highest BCUT2D eigenvalue weighted by Crippen LogP contribution is 2.28. The summed E-state index contributed by atoms with van der Waals surface area (Å²) in [5.41, 5.74) is 3.03. The molecule has 1 atom stereocenters. The molecule has 4 rings (SSSR count). The lowest BCUT2D eigenvalue weighted by Gasteiger charge is -2.34. The molecule has 8 nitrogen and oxygen atoms in total. The smallest absolute Gasteiger partial charge is 0.264 e. The van der Waals surface area contributed by atoms with Gasteiger partial charge in [-0.1, -0.05) is 67.9 Å². The Morgan fingerprint density at radius 3 is 2.17 bits per heavy atom. The SMILES string of the molecule is CCCCNC(=O)C(Cc1ccccc1)N(Cc1ccccc1C)C(=O)CN(c1ccc(OCC)cc1)S(=O)(=O)c1ccc(SC)cc1. The van der Waals surface area contributed by atoms with Crippen LogP contribution in [0.3, 0.4) is 0 Å². The maximum Gasteiger partial charge on any atom is 0.264 e. The third-order valence-corrected chi connectivity index (χ3v) is 10.6. The number of sulfonamides is 1. The number of hydrogen-bond donors (Lipinski definition) is 1. The monoisotopic (exact) mass is 687 g/mol. The normalized spacial score (nSPS) is 11.8. The van der Waals surface area contributed by atoms with Crippen molar-refractivity contribution < 1.29 is 22.7 Å². The summed E-state index contributed by atoms with van der Waals surface area (Å²) in [5, 5.41) is 3.03. The second-order valence-corrected chi connectivity index (χ2v) is 14.2. The first kappa shape index (κ1) is 36.6. The van der Waals surface area contributed by atoms with E-state index in [1.807, 2.05) is 81.6 Å². The number of anilines is 1. The highest BCUT2D eigenvalue weighted by molar-refractivity contribution is 7.98. The Labute approximate surface area is 289 Å². The van der Waals surface area contributed by atoms with Crippen molar-refractivity contribution in [3.05, 3.63) is 120 Å². The van der Waals surface area contributed by atoms with Gasteiger partial charge in [0.15, 0.2) is 0 Å². The van der Waals surface area contributed by atoms with E-state index in [-0.39, 0.29) is 23.8 Å². The van der Waals surface area contributed by atoms with Gasteiger partial charge in [-0.3, -0.25) is 13.9 Å². The standard InChI is InChI=1S/C38H45N3O5S2/c1-5-7-25-39-38(43)36(26-30-14-9-8-10-15-30)40(27-31-16-12-11-13-29(31)3)37(42)28-41(32-17-19-33(20-18-32)46-6-2)48(44,45)35-23-21-34(47-4)22-24-35/h8-24,36H,5-7,25-28H2,1-4H3,(H,39,43). The molecule has 0 aliphatic carbocycles. The number of aryl methyl sites for hydroxylation is 1. The Kier molecular flexibility index (Phi) is 13.5. The molecule has 0 aliphatic rings. The van der Waals surface area contributed by atoms with E-state index in [2.05, 4.69) is 5.32 Å². The molecule has 4 aromatic rings. The quantitative estimate of drug-likeness (QED) is 0.0962. The van der Waals surface area contributed by atoms with Gasteiger partial charge >= 0.3 is 0 Å². The molecule has 0 aliphatic heterocycles. The number of unbranched alkanes of at least 4 members (excludes halogenated alkanes) is 1. The van der Waals surface area contributed by atoms with Crippen molar-refractivity contribution in [1.82, 2.24) is 10.2 Å². The van der Waals surface area contributed by atoms with Crippen molar-refractivity contribution in [2.24, 2.45) is 0 Å². The van der Waals surface area contributed by atoms with Crippen LogP contribution >= 0.6 is 11.8 Å². The minimum Gasteiger partial charge on any atom is -0.494 e. The van der Waals surface area contributed by atoms with E-state index in [0.29, 0.717) is 24.6 Å². The van der Waals surface area contributed by atoms with Crippen LogP contribution in [0.15, 0.2) is 113 Å². The largest absolute Gasteiger partial charge is 0.494 e. The molecule has 0 heterocycles. The topological polar surface area (TPSA) is 96.0 Å². The molecule has 10 heteroatoms. The molecule has 0 radical (unpaired) electrons. The molecule has 0 aromatic heterocycles. The number of rotatable bonds is 17. The molecule has 0 fully saturated rings. The zero-order valence-corrected chi connectivity index (χ0v) is 29.7. The molecule has 0 spiro atoms. The van der Waals surface area contributed by atoms with E-state index in [1.54, 1.807) is 48.5 Å². The van der Waals surface area contributed by atoms with E-state index in [4.69, 9.17) is 4.74 Å². The number of carbonyl (C=O) groups is 2. The number of amides is 2. The summed E-state index contributed by atoms with van der Waals surface area (Å²) in [6, 6.07) is 29.6. The Bertz CT molecular complexity index is 1730. The predicted molar refractivity (Wildman–Crippen MR) is 194 cm³/mol. The maximum atomic E-state index is 14.7. The first-order chi connectivity index (χ1) is 23.2. The van der Waals surface area contributed by atoms with Crippen molar-refractivity contribution in [3.63, 3.8) is 0 Å². The summed E-state index contributed by atoms with van der Waals surface area (Å²) in [6.07, 6.45) is 3.89. The highest BCUT2D eigenvalue weighted by atomic mass is 32.2. The fourth-order valence-electron chi connectivity index (χ4n) is 5.31. The number of carbonyl (C=O) groups excluding carboxylic acids is 2. The molecule has 0 bridgehead atoms. The van der Waals surface area contributed by atoms with Crippen LogP contribution in [0.1, 0.15) is 43.4 Å². The number of benzene rings is 4. The van der Waals surface area contributed by atoms with E-state index in [0.717, 1.165) is 38.7 Å². The fraction of sp³-hybridized carbons (Fsp3) is 0.316. The van der Waals surface area contributed by atoms with Gasteiger partial charge in [-0.15, -0.1) is 11.8 Å². The maximum absolute atomic E-state index is 14.7. The van der Waals surface area contributed by atoms with Crippen LogP contribution in [-0.4, -0.2) is 57.1 Å². The molecule has 0 saturated carbocycles. The van der Waals surface area contributed by atoms with Crippen molar-refractivity contribution in [2.75, 3.05) is 30.3 Å². The van der Waals surface area contributed by atoms with E-state index in [9.17, 15) is 18.0 Å². The summed E-state index contributed by atoms with van der Waals surface area (Å²) in [7, 11) is -4.20. The first-order valence-corrected chi connectivity index (χ1v) is 18.9. The lowest BCUT2D eigenvalue weighted by molar-refractivity contribution is -0.140. The van der Waals surface area contributed by atoms with Gasteiger partial charge in [0, 0.05) is 24.4 Å². The Hall–Kier alpha value is -4.28. The highest BCUT2D eigenvalue weighted by Gasteiger charge is 2.34. The third-order valence-electron chi connectivity index (χ3n) is 8.06. The van der Waals surface area contributed by atoms with Crippen molar-refractivity contribution in [3.8, 4) is 5.75 Å². The van der Waals surface area contributed by atoms with Crippen LogP contribution in [0.4, 0.5) is 5.69 Å². The number of hydrogen-bond acceptors (Lipinski definition) is 6. The first-order valence-electron chi connectivity index (χ1n) is 16.2. The van der Waals surface area contributed by atoms with E-state index in [1.165, 1.54) is 16.7 Å². The van der Waals surface area contributed by atoms with Gasteiger partial charge < -0.3 is 15.0 Å². The predicted octanol–water partition coefficient (Wildman–Crippen LogP) is 6.87. The molecular formula is C38H45N3O5S2. The third kappa shape index (κ3) is 9.64. The minimum atomic E-state index is -4.20. The van der Waals surface area contributed by atoms with Crippen LogP contribution in [0, 0.1) is 6.92 Å². The Balaban J connectivity index is 1.80. The van der Waals surface area contributed by atoms with Crippen molar-refractivity contribution >= 4 is 39.3 Å². The van der Waals surface area contributed by atoms with E-state index >= 15 is 0 Å². The number of nitrogens with zero attached hydrogens (tertiary/aromatic N) is 2. The molecular weight excluding hydrogens is 643 g/mol. The van der Waals surface area contributed by atoms with Gasteiger partial charge in [-0.2, -0.15) is 0 Å². The zero-order valence-electron chi connectivity index (χ0n) is 28.1. The van der Waals surface area contributed by atoms with Crippen molar-refractivity contribution in [1.29, 1.82) is 0 Å². The summed E-state index contributed by atoms with van der Waals surface area (Å²) >= 11 is 1.51. The molecule has 4 aromatic carbocycles. The van der Waals surface area contributed by atoms with Gasteiger partial charge in [0.1, 0.15) is 18.3 Å². The van der Waals surface area contributed by atoms with E-state index < -0.39 is 28.5 Å². The minimum absolute atomic E-state index is 0.0607. The lowest BCUT2D eigenvalue weighted by atomic mass is 10.0. The van der Waals surface area contributed by atoms with Gasteiger partial charge in [0.05, 0.1) is 17.2 Å². The average molecular weight is 688 g/mol. The van der Waals surface area contributed by atoms with Gasteiger partial charge in [0.2, 0.25) is 11.8 Å². The zero-order chi connectivity index (χ0) is 34.5. The van der Waals surface area contributed by atoms with Crippen LogP contribution in [0.2, 0.25) is 0 Å². The molecule has 1 N–H and O–H groups in total. The molecule has 48 heavy (non-hydrogen) atoms. The van der Waals surface area contributed by atoms with Gasteiger partial charge in [-0.25, -0.2) is 8.42 Å². The molecule has 2 amide bonds. The second kappa shape index (κ2) is 17.8. The Morgan fingerprint density at radius 1 is 0.875 bits per heavy atom. The van der Waals surface area contributed by atoms with Gasteiger partial charge in [-0.05, 0) is 91.7 Å². The fourth-order valence-corrected chi connectivity index (χ4v) is 7.13. The van der Waals surface area contributed by atoms with Crippen LogP contribution in [0.5, 0.6) is 5.75 Å². The summed E-state index contributed by atoms with van der Waals surface area (Å²) in [5.74, 6) is -0.192. The number of thioether (sulfide) groups is 1. The number of ether oxygens (including phenoxy) is 1. The van der Waals surface area contributed by atoms with Crippen LogP contribution < -0.4 is 14.4 Å². The lowest BCUT2D eigenvalue weighted by Crippen LogP contribution is -2.53. The Morgan fingerprint density at radius 2 is 1.54 bits per heavy atom. The average Bonchev–Trinajstić information content (AvgIpc) is 3.10. The summed E-state index contributed by atoms with van der Waals surface area (Å²) in [4.78, 5) is 31.1. The van der Waals surface area contributed by atoms with Gasteiger partial charge in [0.25, 0.3) is 10.0 Å². The summed E-state index contributed by atoms with van der Waals surface area (Å²) in [6.45, 7) is 6.43. The van der Waals surface area contributed by atoms with Crippen LogP contribution in [-0.2, 0) is 32.6 Å². The molecule has 1 unspecified atom stereocenters. The summed E-state index contributed by atoms with van der Waals surface area (Å²) < 4.78 is 35.4. The molecule has 0 saturated heterocycles. The van der Waals surface area contributed by atoms with Crippen molar-refractivity contribution in [2.45, 2.75) is 62.4 Å². The molecule has 254 valence electrons. The van der Waals surface area contributed by atoms with Crippen LogP contribution in [0.25, 0.3) is 0 Å². The second-order valence-electron chi connectivity index (χ2n) is 11.4. The number of nitrogens with one attached hydrogen (secondary N) is 1.